The maximum atomic E-state index is 13.6. The molecule has 0 N–H and O–H groups in total. The van der Waals surface area contributed by atoms with E-state index in [1.165, 1.54) is 22.7 Å². The molecule has 0 aliphatic carbocycles. The first-order chi connectivity index (χ1) is 16.9. The third-order valence-corrected chi connectivity index (χ3v) is 7.88. The lowest BCUT2D eigenvalue weighted by Crippen LogP contribution is -2.39. The number of ether oxygens (including phenoxy) is 1. The predicted molar refractivity (Wildman–Crippen MR) is 139 cm³/mol. The Balaban J connectivity index is 1.62. The summed E-state index contributed by atoms with van der Waals surface area (Å²) in [5.74, 6) is 0.574. The van der Waals surface area contributed by atoms with Crippen molar-refractivity contribution in [3.63, 3.8) is 0 Å². The summed E-state index contributed by atoms with van der Waals surface area (Å²) in [5, 5.41) is 2.91. The van der Waals surface area contributed by atoms with Crippen LogP contribution in [0.25, 0.3) is 17.4 Å². The number of aromatic nitrogens is 1. The van der Waals surface area contributed by atoms with E-state index in [0.717, 1.165) is 4.88 Å². The fraction of sp³-hybridized carbons (Fsp3) is 0.160. The third kappa shape index (κ3) is 4.43. The molecule has 1 aromatic carbocycles. The number of fused-ring (bicyclic) bond motifs is 1. The minimum absolute atomic E-state index is 0.232. The van der Waals surface area contributed by atoms with Crippen molar-refractivity contribution in [2.24, 2.45) is 4.99 Å². The van der Waals surface area contributed by atoms with Crippen molar-refractivity contribution < 1.29 is 13.9 Å². The second-order valence-electron chi connectivity index (χ2n) is 7.64. The Bertz CT molecular complexity index is 1640. The second kappa shape index (κ2) is 9.62. The molecule has 1 atom stereocenters. The highest BCUT2D eigenvalue weighted by molar-refractivity contribution is 7.10. The number of thiophene rings is 1. The number of hydrogen-bond acceptors (Lipinski definition) is 7. The standard InChI is InChI=1S/C25H18Cl2N2O4S2/c1-3-32-24(31)21-13(2)28-25-29(22(21)19-5-4-10-34-19)23(30)20(35-25)12-15-7-9-18(33-15)16-8-6-14(26)11-17(16)27/h4-12,22H,3H2,1-2H3/b20-12+. The van der Waals surface area contributed by atoms with E-state index in [1.54, 1.807) is 54.8 Å². The van der Waals surface area contributed by atoms with Gasteiger partial charge < -0.3 is 9.15 Å². The van der Waals surface area contributed by atoms with Crippen LogP contribution in [0.5, 0.6) is 0 Å². The molecule has 0 spiro atoms. The Labute approximate surface area is 218 Å². The molecule has 0 saturated heterocycles. The average molecular weight is 545 g/mol. The monoisotopic (exact) mass is 544 g/mol. The molecule has 1 aliphatic heterocycles. The van der Waals surface area contributed by atoms with Crippen molar-refractivity contribution in [1.29, 1.82) is 0 Å². The summed E-state index contributed by atoms with van der Waals surface area (Å²) < 4.78 is 13.2. The van der Waals surface area contributed by atoms with Crippen LogP contribution in [0.2, 0.25) is 10.0 Å². The van der Waals surface area contributed by atoms with Gasteiger partial charge >= 0.3 is 5.97 Å². The number of carbonyl (C=O) groups is 1. The van der Waals surface area contributed by atoms with Gasteiger partial charge in [-0.2, -0.15) is 0 Å². The molecule has 178 valence electrons. The summed E-state index contributed by atoms with van der Waals surface area (Å²) in [6.45, 7) is 3.74. The Morgan fingerprint density at radius 1 is 1.26 bits per heavy atom. The Morgan fingerprint density at radius 2 is 2.09 bits per heavy atom. The fourth-order valence-corrected chi connectivity index (χ4v) is 6.25. The van der Waals surface area contributed by atoms with Crippen LogP contribution in [0.4, 0.5) is 0 Å². The number of hydrogen-bond donors (Lipinski definition) is 0. The number of thiazole rings is 1. The van der Waals surface area contributed by atoms with Crippen LogP contribution in [0, 0.1) is 0 Å². The molecule has 5 rings (SSSR count). The Hall–Kier alpha value is -2.91. The van der Waals surface area contributed by atoms with E-state index in [-0.39, 0.29) is 12.2 Å². The zero-order chi connectivity index (χ0) is 24.7. The van der Waals surface area contributed by atoms with E-state index < -0.39 is 12.0 Å². The zero-order valence-electron chi connectivity index (χ0n) is 18.6. The highest BCUT2D eigenvalue weighted by atomic mass is 35.5. The number of allylic oxidation sites excluding steroid dienone is 1. The van der Waals surface area contributed by atoms with Crippen LogP contribution in [-0.4, -0.2) is 17.1 Å². The van der Waals surface area contributed by atoms with E-state index in [1.807, 2.05) is 17.5 Å². The minimum Gasteiger partial charge on any atom is -0.463 e. The van der Waals surface area contributed by atoms with Crippen LogP contribution < -0.4 is 14.9 Å². The SMILES string of the molecule is CCOC(=O)C1=C(C)N=c2s/c(=C/c3ccc(-c4ccc(Cl)cc4Cl)o3)c(=O)n2C1c1cccs1. The molecular weight excluding hydrogens is 527 g/mol. The molecule has 10 heteroatoms. The zero-order valence-corrected chi connectivity index (χ0v) is 21.7. The van der Waals surface area contributed by atoms with Gasteiger partial charge in [0.2, 0.25) is 0 Å². The summed E-state index contributed by atoms with van der Waals surface area (Å²) in [5.41, 5.74) is 1.34. The molecule has 1 unspecified atom stereocenters. The number of furan rings is 1. The average Bonchev–Trinajstić information content (AvgIpc) is 3.55. The number of rotatable bonds is 5. The normalized spacial score (nSPS) is 15.8. The number of nitrogens with zero attached hydrogens (tertiary/aromatic N) is 2. The van der Waals surface area contributed by atoms with Crippen LogP contribution >= 0.6 is 45.9 Å². The molecule has 4 aromatic rings. The summed E-state index contributed by atoms with van der Waals surface area (Å²) in [7, 11) is 0. The van der Waals surface area contributed by atoms with E-state index >= 15 is 0 Å². The molecule has 0 saturated carbocycles. The lowest BCUT2D eigenvalue weighted by molar-refractivity contribution is -0.139. The molecular formula is C25H18Cl2N2O4S2. The van der Waals surface area contributed by atoms with Gasteiger partial charge in [-0.1, -0.05) is 40.6 Å². The number of halogens is 2. The highest BCUT2D eigenvalue weighted by Gasteiger charge is 2.33. The first-order valence-electron chi connectivity index (χ1n) is 10.7. The van der Waals surface area contributed by atoms with E-state index in [9.17, 15) is 9.59 Å². The van der Waals surface area contributed by atoms with Crippen LogP contribution in [0.1, 0.15) is 30.5 Å². The summed E-state index contributed by atoms with van der Waals surface area (Å²) in [6.07, 6.45) is 1.67. The van der Waals surface area contributed by atoms with Gasteiger partial charge in [-0.15, -0.1) is 11.3 Å². The maximum absolute atomic E-state index is 13.6. The number of carbonyl (C=O) groups excluding carboxylic acids is 1. The third-order valence-electron chi connectivity index (χ3n) is 5.43. The molecule has 0 amide bonds. The van der Waals surface area contributed by atoms with Crippen LogP contribution in [0.3, 0.4) is 0 Å². The van der Waals surface area contributed by atoms with Gasteiger partial charge in [0.05, 0.1) is 27.4 Å². The maximum Gasteiger partial charge on any atom is 0.338 e. The number of esters is 1. The lowest BCUT2D eigenvalue weighted by Gasteiger charge is -2.23. The first kappa shape index (κ1) is 23.8. The summed E-state index contributed by atoms with van der Waals surface area (Å²) in [6, 6.07) is 11.9. The van der Waals surface area contributed by atoms with Crippen LogP contribution in [-0.2, 0) is 9.53 Å². The van der Waals surface area contributed by atoms with Gasteiger partial charge in [-0.25, -0.2) is 9.79 Å². The van der Waals surface area contributed by atoms with Gasteiger partial charge in [0.25, 0.3) is 5.56 Å². The molecule has 35 heavy (non-hydrogen) atoms. The molecule has 0 bridgehead atoms. The van der Waals surface area contributed by atoms with Crippen molar-refractivity contribution in [1.82, 2.24) is 4.57 Å². The van der Waals surface area contributed by atoms with Gasteiger partial charge in [0.1, 0.15) is 17.6 Å². The fourth-order valence-electron chi connectivity index (χ4n) is 3.90. The molecule has 0 radical (unpaired) electrons. The molecule has 3 aromatic heterocycles. The van der Waals surface area contributed by atoms with E-state index in [4.69, 9.17) is 32.4 Å². The first-order valence-corrected chi connectivity index (χ1v) is 13.1. The summed E-state index contributed by atoms with van der Waals surface area (Å²) >= 11 is 15.0. The minimum atomic E-state index is -0.604. The van der Waals surface area contributed by atoms with Crippen molar-refractivity contribution in [3.8, 4) is 11.3 Å². The molecule has 4 heterocycles. The molecule has 6 nitrogen and oxygen atoms in total. The predicted octanol–water partition coefficient (Wildman–Crippen LogP) is 5.43. The van der Waals surface area contributed by atoms with Gasteiger partial charge in [0, 0.05) is 21.5 Å². The molecule has 1 aliphatic rings. The Kier molecular flexibility index (Phi) is 6.55. The van der Waals surface area contributed by atoms with Gasteiger partial charge in [-0.05, 0) is 55.6 Å². The van der Waals surface area contributed by atoms with Crippen molar-refractivity contribution in [2.75, 3.05) is 6.61 Å². The van der Waals surface area contributed by atoms with Crippen molar-refractivity contribution >= 4 is 57.9 Å². The molecule has 0 fully saturated rings. The quantitative estimate of drug-likeness (QED) is 0.314. The van der Waals surface area contributed by atoms with Gasteiger partial charge in [-0.3, -0.25) is 9.36 Å². The van der Waals surface area contributed by atoms with Crippen molar-refractivity contribution in [3.05, 3.63) is 99.5 Å². The number of benzene rings is 1. The van der Waals surface area contributed by atoms with Crippen molar-refractivity contribution in [2.45, 2.75) is 19.9 Å². The van der Waals surface area contributed by atoms with E-state index in [0.29, 0.717) is 47.7 Å². The Morgan fingerprint density at radius 3 is 2.80 bits per heavy atom. The largest absolute Gasteiger partial charge is 0.463 e. The van der Waals surface area contributed by atoms with E-state index in [2.05, 4.69) is 4.99 Å². The smallest absolute Gasteiger partial charge is 0.338 e. The van der Waals surface area contributed by atoms with Crippen LogP contribution in [0.15, 0.2) is 73.3 Å². The van der Waals surface area contributed by atoms with Gasteiger partial charge in [0.15, 0.2) is 4.80 Å². The lowest BCUT2D eigenvalue weighted by atomic mass is 10.0. The topological polar surface area (TPSA) is 73.8 Å². The highest BCUT2D eigenvalue weighted by Crippen LogP contribution is 2.34. The summed E-state index contributed by atoms with van der Waals surface area (Å²) in [4.78, 5) is 32.3. The second-order valence-corrected chi connectivity index (χ2v) is 10.5.